The smallest absolute Gasteiger partial charge is 0.224 e. The van der Waals surface area contributed by atoms with E-state index in [2.05, 4.69) is 5.32 Å². The van der Waals surface area contributed by atoms with Gasteiger partial charge in [-0.3, -0.25) is 9.59 Å². The highest BCUT2D eigenvalue weighted by Gasteiger charge is 2.06. The van der Waals surface area contributed by atoms with Gasteiger partial charge in [0.2, 0.25) is 5.91 Å². The van der Waals surface area contributed by atoms with Crippen LogP contribution in [0.2, 0.25) is 0 Å². The van der Waals surface area contributed by atoms with E-state index in [4.69, 9.17) is 15.2 Å². The molecule has 0 heterocycles. The van der Waals surface area contributed by atoms with Crippen LogP contribution in [0.4, 0.5) is 11.4 Å². The van der Waals surface area contributed by atoms with Crippen LogP contribution in [0.5, 0.6) is 11.5 Å². The molecule has 1 amide bonds. The average Bonchev–Trinajstić information content (AvgIpc) is 2.59. The largest absolute Gasteiger partial charge is 0.495 e. The van der Waals surface area contributed by atoms with Gasteiger partial charge in [0.25, 0.3) is 0 Å². The monoisotopic (exact) mass is 378 g/mol. The van der Waals surface area contributed by atoms with Crippen molar-refractivity contribution in [1.29, 1.82) is 0 Å². The van der Waals surface area contributed by atoms with Gasteiger partial charge in [0.05, 0.1) is 19.4 Å². The van der Waals surface area contributed by atoms with Crippen LogP contribution in [0.1, 0.15) is 30.1 Å². The second-order valence-electron chi connectivity index (χ2n) is 5.54. The van der Waals surface area contributed by atoms with E-state index in [1.165, 1.54) is 14.0 Å². The van der Waals surface area contributed by atoms with Crippen molar-refractivity contribution < 1.29 is 19.1 Å². The van der Waals surface area contributed by atoms with Crippen molar-refractivity contribution >= 4 is 35.5 Å². The molecule has 6 nitrogen and oxygen atoms in total. The highest BCUT2D eigenvalue weighted by molar-refractivity contribution is 5.94. The van der Waals surface area contributed by atoms with Crippen LogP contribution in [0.25, 0.3) is 0 Å². The summed E-state index contributed by atoms with van der Waals surface area (Å²) in [5.41, 5.74) is 7.50. The first-order valence-electron chi connectivity index (χ1n) is 7.97. The van der Waals surface area contributed by atoms with Crippen molar-refractivity contribution in [2.24, 2.45) is 0 Å². The molecule has 140 valence electrons. The molecule has 0 spiro atoms. The van der Waals surface area contributed by atoms with Gasteiger partial charge in [0.15, 0.2) is 5.78 Å². The number of anilines is 2. The van der Waals surface area contributed by atoms with E-state index in [1.807, 2.05) is 0 Å². The highest BCUT2D eigenvalue weighted by atomic mass is 35.5. The van der Waals surface area contributed by atoms with Gasteiger partial charge in [-0.05, 0) is 43.7 Å². The van der Waals surface area contributed by atoms with Crippen molar-refractivity contribution in [2.45, 2.75) is 19.8 Å². The molecule has 0 unspecified atom stereocenters. The number of nitrogens with two attached hydrogens (primary N) is 1. The Hall–Kier alpha value is -2.73. The summed E-state index contributed by atoms with van der Waals surface area (Å²) in [5.74, 6) is 1.06. The quantitative estimate of drug-likeness (QED) is 0.415. The van der Waals surface area contributed by atoms with E-state index in [0.717, 1.165) is 0 Å². The summed E-state index contributed by atoms with van der Waals surface area (Å²) in [4.78, 5) is 23.3. The lowest BCUT2D eigenvalue weighted by Crippen LogP contribution is -2.13. The zero-order valence-corrected chi connectivity index (χ0v) is 15.6. The fraction of sp³-hybridized carbons (Fsp3) is 0.263. The minimum absolute atomic E-state index is 0. The molecule has 0 fully saturated rings. The summed E-state index contributed by atoms with van der Waals surface area (Å²) in [6.07, 6.45) is 0.875. The molecule has 26 heavy (non-hydrogen) atoms. The molecule has 0 aromatic heterocycles. The fourth-order valence-corrected chi connectivity index (χ4v) is 2.26. The maximum atomic E-state index is 11.9. The number of methoxy groups -OCH3 is 1. The van der Waals surface area contributed by atoms with Crippen molar-refractivity contribution in [3.63, 3.8) is 0 Å². The lowest BCUT2D eigenvalue weighted by molar-refractivity contribution is -0.116. The van der Waals surface area contributed by atoms with E-state index in [9.17, 15) is 9.59 Å². The SMILES string of the molecule is COc1ccc(NC(=O)CCCOc2cccc(C(C)=O)c2)cc1N.Cl. The van der Waals surface area contributed by atoms with Crippen LogP contribution in [-0.4, -0.2) is 25.4 Å². The fourth-order valence-electron chi connectivity index (χ4n) is 2.26. The Morgan fingerprint density at radius 3 is 2.58 bits per heavy atom. The number of hydrogen-bond acceptors (Lipinski definition) is 5. The molecule has 0 saturated heterocycles. The predicted octanol–water partition coefficient (Wildman–Crippen LogP) is 3.70. The molecular formula is C19H23ClN2O4. The number of ketones is 1. The van der Waals surface area contributed by atoms with Crippen molar-refractivity contribution in [1.82, 2.24) is 0 Å². The molecule has 3 N–H and O–H groups in total. The van der Waals surface area contributed by atoms with Crippen LogP contribution in [0, 0.1) is 0 Å². The normalized spacial score (nSPS) is 9.77. The molecule has 0 radical (unpaired) electrons. The number of nitrogen functional groups attached to an aromatic ring is 1. The zero-order valence-electron chi connectivity index (χ0n) is 14.8. The molecule has 7 heteroatoms. The van der Waals surface area contributed by atoms with Gasteiger partial charge < -0.3 is 20.5 Å². The molecule has 0 atom stereocenters. The minimum atomic E-state index is -0.120. The standard InChI is InChI=1S/C19H22N2O4.ClH/c1-13(22)14-5-3-6-16(11-14)25-10-4-7-19(23)21-15-8-9-18(24-2)17(20)12-15;/h3,5-6,8-9,11-12H,4,7,10,20H2,1-2H3,(H,21,23);1H. The Labute approximate surface area is 159 Å². The first-order valence-corrected chi connectivity index (χ1v) is 7.97. The van der Waals surface area contributed by atoms with Gasteiger partial charge >= 0.3 is 0 Å². The van der Waals surface area contributed by atoms with E-state index in [0.29, 0.717) is 47.9 Å². The van der Waals surface area contributed by atoms with Gasteiger partial charge in [-0.25, -0.2) is 0 Å². The first-order chi connectivity index (χ1) is 12.0. The third kappa shape index (κ3) is 6.29. The van der Waals surface area contributed by atoms with Crippen LogP contribution in [0.15, 0.2) is 42.5 Å². The first kappa shape index (κ1) is 21.3. The number of carbonyl (C=O) groups excluding carboxylic acids is 2. The van der Waals surface area contributed by atoms with Crippen molar-refractivity contribution in [2.75, 3.05) is 24.8 Å². The topological polar surface area (TPSA) is 90.6 Å². The third-order valence-electron chi connectivity index (χ3n) is 3.57. The average molecular weight is 379 g/mol. The van der Waals surface area contributed by atoms with E-state index >= 15 is 0 Å². The number of ether oxygens (including phenoxy) is 2. The Bertz CT molecular complexity index is 765. The molecule has 0 aliphatic rings. The van der Waals surface area contributed by atoms with Gasteiger partial charge in [-0.15, -0.1) is 12.4 Å². The maximum absolute atomic E-state index is 11.9. The number of nitrogens with one attached hydrogen (secondary N) is 1. The summed E-state index contributed by atoms with van der Waals surface area (Å²) >= 11 is 0. The molecule has 0 saturated carbocycles. The maximum Gasteiger partial charge on any atom is 0.224 e. The number of amides is 1. The van der Waals surface area contributed by atoms with Gasteiger partial charge in [-0.2, -0.15) is 0 Å². The molecule has 0 aliphatic carbocycles. The lowest BCUT2D eigenvalue weighted by atomic mass is 10.1. The van der Waals surface area contributed by atoms with Crippen LogP contribution in [0.3, 0.4) is 0 Å². The predicted molar refractivity (Wildman–Crippen MR) is 104 cm³/mol. The number of benzene rings is 2. The number of Topliss-reactive ketones (excluding diaryl/α,β-unsaturated/α-hetero) is 1. The van der Waals surface area contributed by atoms with E-state index in [-0.39, 0.29) is 24.1 Å². The van der Waals surface area contributed by atoms with Crippen molar-refractivity contribution in [3.05, 3.63) is 48.0 Å². The zero-order chi connectivity index (χ0) is 18.2. The summed E-state index contributed by atoms with van der Waals surface area (Å²) in [6.45, 7) is 1.90. The van der Waals surface area contributed by atoms with Crippen molar-refractivity contribution in [3.8, 4) is 11.5 Å². The number of rotatable bonds is 8. The van der Waals surface area contributed by atoms with Gasteiger partial charge in [0, 0.05) is 17.7 Å². The molecule has 2 rings (SSSR count). The van der Waals surface area contributed by atoms with Crippen LogP contribution >= 0.6 is 12.4 Å². The Morgan fingerprint density at radius 1 is 1.15 bits per heavy atom. The third-order valence-corrected chi connectivity index (χ3v) is 3.57. The van der Waals surface area contributed by atoms with Crippen LogP contribution in [-0.2, 0) is 4.79 Å². The molecule has 2 aromatic carbocycles. The van der Waals surface area contributed by atoms with Crippen LogP contribution < -0.4 is 20.5 Å². The number of hydrogen-bond donors (Lipinski definition) is 2. The Balaban J connectivity index is 0.00000338. The molecular weight excluding hydrogens is 356 g/mol. The Kier molecular flexibility index (Phi) is 8.45. The lowest BCUT2D eigenvalue weighted by Gasteiger charge is -2.09. The highest BCUT2D eigenvalue weighted by Crippen LogP contribution is 2.24. The second kappa shape index (κ2) is 10.3. The molecule has 0 bridgehead atoms. The molecule has 2 aromatic rings. The number of carbonyl (C=O) groups is 2. The summed E-state index contributed by atoms with van der Waals surface area (Å²) < 4.78 is 10.7. The Morgan fingerprint density at radius 2 is 1.92 bits per heavy atom. The number of halogens is 1. The summed E-state index contributed by atoms with van der Waals surface area (Å²) in [6, 6.07) is 12.1. The van der Waals surface area contributed by atoms with E-state index in [1.54, 1.807) is 42.5 Å². The van der Waals surface area contributed by atoms with Gasteiger partial charge in [0.1, 0.15) is 11.5 Å². The minimum Gasteiger partial charge on any atom is -0.495 e. The second-order valence-corrected chi connectivity index (χ2v) is 5.54. The van der Waals surface area contributed by atoms with Gasteiger partial charge in [-0.1, -0.05) is 12.1 Å². The van der Waals surface area contributed by atoms with E-state index < -0.39 is 0 Å². The molecule has 0 aliphatic heterocycles. The summed E-state index contributed by atoms with van der Waals surface area (Å²) in [5, 5.41) is 2.78. The summed E-state index contributed by atoms with van der Waals surface area (Å²) in [7, 11) is 1.54.